The fraction of sp³-hybridized carbons (Fsp3) is 0.538. The van der Waals surface area contributed by atoms with Gasteiger partial charge in [-0.1, -0.05) is 18.2 Å². The monoisotopic (exact) mass is 205 g/mol. The van der Waals surface area contributed by atoms with Crippen LogP contribution in [0.5, 0.6) is 5.75 Å². The summed E-state index contributed by atoms with van der Waals surface area (Å²) in [6.07, 6.45) is 2.42. The summed E-state index contributed by atoms with van der Waals surface area (Å²) in [6.45, 7) is 3.57. The number of para-hydroxylation sites is 1. The predicted octanol–water partition coefficient (Wildman–Crippen LogP) is 2.54. The molecule has 0 heterocycles. The molecule has 82 valence electrons. The first-order valence-corrected chi connectivity index (χ1v) is 5.78. The fourth-order valence-electron chi connectivity index (χ4n) is 2.24. The van der Waals surface area contributed by atoms with E-state index in [-0.39, 0.29) is 0 Å². The first-order chi connectivity index (χ1) is 7.36. The van der Waals surface area contributed by atoms with Crippen molar-refractivity contribution in [2.75, 3.05) is 13.2 Å². The lowest BCUT2D eigenvalue weighted by Crippen LogP contribution is -2.00. The highest BCUT2D eigenvalue weighted by molar-refractivity contribution is 5.39. The molecule has 0 aliphatic heterocycles. The molecule has 0 bridgehead atoms. The molecule has 0 unspecified atom stereocenters. The van der Waals surface area contributed by atoms with E-state index in [2.05, 4.69) is 18.2 Å². The highest BCUT2D eigenvalue weighted by atomic mass is 16.5. The van der Waals surface area contributed by atoms with Crippen LogP contribution in [0.15, 0.2) is 24.3 Å². The van der Waals surface area contributed by atoms with Crippen LogP contribution in [0.4, 0.5) is 0 Å². The maximum Gasteiger partial charge on any atom is 0.122 e. The minimum atomic E-state index is 0.691. The summed E-state index contributed by atoms with van der Waals surface area (Å²) in [4.78, 5) is 0. The first-order valence-electron chi connectivity index (χ1n) is 5.78. The molecule has 15 heavy (non-hydrogen) atoms. The second-order valence-corrected chi connectivity index (χ2v) is 4.15. The summed E-state index contributed by atoms with van der Waals surface area (Å²) in [6, 6.07) is 8.38. The van der Waals surface area contributed by atoms with Gasteiger partial charge in [0.1, 0.15) is 5.75 Å². The number of rotatable bonds is 5. The van der Waals surface area contributed by atoms with Gasteiger partial charge in [0.05, 0.1) is 6.61 Å². The molecule has 1 fully saturated rings. The Hall–Kier alpha value is -1.02. The molecule has 1 aromatic carbocycles. The van der Waals surface area contributed by atoms with Crippen LogP contribution in [-0.4, -0.2) is 13.2 Å². The molecule has 0 amide bonds. The van der Waals surface area contributed by atoms with E-state index in [1.165, 1.54) is 12.0 Å². The molecule has 2 atom stereocenters. The summed E-state index contributed by atoms with van der Waals surface area (Å²) in [7, 11) is 0. The zero-order valence-electron chi connectivity index (χ0n) is 9.28. The van der Waals surface area contributed by atoms with Gasteiger partial charge < -0.3 is 10.5 Å². The first kappa shape index (κ1) is 10.5. The van der Waals surface area contributed by atoms with Crippen LogP contribution >= 0.6 is 0 Å². The van der Waals surface area contributed by atoms with Crippen molar-refractivity contribution in [3.63, 3.8) is 0 Å². The minimum absolute atomic E-state index is 0.691. The summed E-state index contributed by atoms with van der Waals surface area (Å²) < 4.78 is 5.63. The van der Waals surface area contributed by atoms with E-state index in [1.54, 1.807) is 0 Å². The molecule has 0 saturated heterocycles. The van der Waals surface area contributed by atoms with Gasteiger partial charge >= 0.3 is 0 Å². The fourth-order valence-corrected chi connectivity index (χ4v) is 2.24. The molecule has 0 radical (unpaired) electrons. The van der Waals surface area contributed by atoms with Crippen LogP contribution in [0.1, 0.15) is 31.2 Å². The Bertz CT molecular complexity index is 324. The normalized spacial score (nSPS) is 23.9. The van der Waals surface area contributed by atoms with Gasteiger partial charge in [0.2, 0.25) is 0 Å². The van der Waals surface area contributed by atoms with Crippen molar-refractivity contribution in [3.05, 3.63) is 29.8 Å². The Morgan fingerprint density at radius 3 is 2.93 bits per heavy atom. The molecule has 0 spiro atoms. The largest absolute Gasteiger partial charge is 0.494 e. The topological polar surface area (TPSA) is 35.2 Å². The van der Waals surface area contributed by atoms with Crippen molar-refractivity contribution in [2.45, 2.75) is 25.7 Å². The Morgan fingerprint density at radius 2 is 2.20 bits per heavy atom. The van der Waals surface area contributed by atoms with Crippen LogP contribution in [-0.2, 0) is 0 Å². The Balaban J connectivity index is 2.08. The third-order valence-electron chi connectivity index (χ3n) is 3.08. The molecule has 1 aliphatic rings. The highest BCUT2D eigenvalue weighted by Gasteiger charge is 2.38. The lowest BCUT2D eigenvalue weighted by atomic mass is 10.1. The number of ether oxygens (including phenoxy) is 1. The summed E-state index contributed by atoms with van der Waals surface area (Å²) in [5.74, 6) is 2.54. The maximum atomic E-state index is 5.63. The van der Waals surface area contributed by atoms with Crippen LogP contribution in [0.3, 0.4) is 0 Å². The molecule has 1 aliphatic carbocycles. The number of nitrogens with two attached hydrogens (primary N) is 1. The Morgan fingerprint density at radius 1 is 1.40 bits per heavy atom. The molecular weight excluding hydrogens is 186 g/mol. The smallest absolute Gasteiger partial charge is 0.122 e. The Kier molecular flexibility index (Phi) is 3.27. The zero-order chi connectivity index (χ0) is 10.7. The third-order valence-corrected chi connectivity index (χ3v) is 3.08. The van der Waals surface area contributed by atoms with Crippen molar-refractivity contribution in [1.82, 2.24) is 0 Å². The van der Waals surface area contributed by atoms with Gasteiger partial charge in [-0.15, -0.1) is 0 Å². The average Bonchev–Trinajstić information content (AvgIpc) is 2.99. The lowest BCUT2D eigenvalue weighted by Gasteiger charge is -2.09. The Labute approximate surface area is 91.4 Å². The van der Waals surface area contributed by atoms with Gasteiger partial charge in [0.25, 0.3) is 0 Å². The minimum Gasteiger partial charge on any atom is -0.494 e. The van der Waals surface area contributed by atoms with Crippen LogP contribution in [0.2, 0.25) is 0 Å². The molecule has 1 saturated carbocycles. The van der Waals surface area contributed by atoms with Crippen LogP contribution in [0.25, 0.3) is 0 Å². The van der Waals surface area contributed by atoms with Crippen molar-refractivity contribution < 1.29 is 4.74 Å². The van der Waals surface area contributed by atoms with E-state index in [0.717, 1.165) is 31.2 Å². The van der Waals surface area contributed by atoms with E-state index in [1.807, 2.05) is 13.0 Å². The van der Waals surface area contributed by atoms with Gasteiger partial charge in [-0.05, 0) is 49.8 Å². The van der Waals surface area contributed by atoms with Crippen molar-refractivity contribution in [2.24, 2.45) is 11.7 Å². The molecule has 2 N–H and O–H groups in total. The van der Waals surface area contributed by atoms with Gasteiger partial charge in [-0.2, -0.15) is 0 Å². The molecule has 1 aromatic rings. The van der Waals surface area contributed by atoms with Gasteiger partial charge in [-0.3, -0.25) is 0 Å². The summed E-state index contributed by atoms with van der Waals surface area (Å²) >= 11 is 0. The molecule has 0 aromatic heterocycles. The van der Waals surface area contributed by atoms with E-state index in [0.29, 0.717) is 5.92 Å². The van der Waals surface area contributed by atoms with Crippen molar-refractivity contribution in [1.29, 1.82) is 0 Å². The standard InChI is InChI=1S/C13H19NO/c1-2-15-13-6-4-3-5-11(13)12-9-10(12)7-8-14/h3-6,10,12H,2,7-9,14H2,1H3/t10-,12+/m0/s1. The molecule has 2 heteroatoms. The number of benzene rings is 1. The van der Waals surface area contributed by atoms with E-state index < -0.39 is 0 Å². The predicted molar refractivity (Wildman–Crippen MR) is 62.1 cm³/mol. The molecule has 2 rings (SSSR count). The quantitative estimate of drug-likeness (QED) is 0.801. The second-order valence-electron chi connectivity index (χ2n) is 4.15. The van der Waals surface area contributed by atoms with E-state index in [4.69, 9.17) is 10.5 Å². The van der Waals surface area contributed by atoms with Crippen molar-refractivity contribution >= 4 is 0 Å². The van der Waals surface area contributed by atoms with Gasteiger partial charge in [-0.25, -0.2) is 0 Å². The second kappa shape index (κ2) is 4.67. The van der Waals surface area contributed by atoms with E-state index >= 15 is 0 Å². The van der Waals surface area contributed by atoms with Crippen LogP contribution in [0, 0.1) is 5.92 Å². The SMILES string of the molecule is CCOc1ccccc1[C@@H]1C[C@@H]1CCN. The van der Waals surface area contributed by atoms with Crippen molar-refractivity contribution in [3.8, 4) is 5.75 Å². The maximum absolute atomic E-state index is 5.63. The number of hydrogen-bond donors (Lipinski definition) is 1. The number of hydrogen-bond acceptors (Lipinski definition) is 2. The van der Waals surface area contributed by atoms with Gasteiger partial charge in [0.15, 0.2) is 0 Å². The van der Waals surface area contributed by atoms with Gasteiger partial charge in [0, 0.05) is 0 Å². The average molecular weight is 205 g/mol. The summed E-state index contributed by atoms with van der Waals surface area (Å²) in [5.41, 5.74) is 6.95. The van der Waals surface area contributed by atoms with Crippen LogP contribution < -0.4 is 10.5 Å². The summed E-state index contributed by atoms with van der Waals surface area (Å²) in [5, 5.41) is 0. The molecule has 2 nitrogen and oxygen atoms in total. The lowest BCUT2D eigenvalue weighted by molar-refractivity contribution is 0.336. The third kappa shape index (κ3) is 2.32. The molecular formula is C13H19NO. The highest BCUT2D eigenvalue weighted by Crippen LogP contribution is 2.51. The van der Waals surface area contributed by atoms with E-state index in [9.17, 15) is 0 Å². The zero-order valence-corrected chi connectivity index (χ0v) is 9.28.